The normalized spacial score (nSPS) is 12.9. The molecule has 0 N–H and O–H groups in total. The molecule has 4 heteroatoms. The summed E-state index contributed by atoms with van der Waals surface area (Å²) in [7, 11) is 0. The number of fused-ring (bicyclic) bond motifs is 6. The minimum Gasteiger partial charge on any atom is -0.436 e. The summed E-state index contributed by atoms with van der Waals surface area (Å²) in [4.78, 5) is 9.48. The maximum absolute atomic E-state index is 6.11. The summed E-state index contributed by atoms with van der Waals surface area (Å²) in [6.45, 7) is 4.72. The Morgan fingerprint density at radius 3 is 1.33 bits per heavy atom. The van der Waals surface area contributed by atoms with Crippen molar-refractivity contribution in [1.82, 2.24) is 9.97 Å². The summed E-state index contributed by atoms with van der Waals surface area (Å²) in [5.74, 6) is 1.23. The molecule has 2 heterocycles. The van der Waals surface area contributed by atoms with Crippen LogP contribution >= 0.6 is 0 Å². The standard InChI is InChI=1S/C57H38N2O2/c1-57(2)49-34-43(26-27-47(49)48-32-41-10-3-4-11-42(41)33-50(48)57)39-12-9-13-40(28-39)46-30-44(35-18-22-37(23-19-35)55-58-51-14-5-7-16-53(51)60-55)29-45(31-46)36-20-24-38(25-21-36)56-59-52-15-6-8-17-54(52)61-56/h3-34H,1-2H3. The first-order valence-electron chi connectivity index (χ1n) is 20.8. The fraction of sp³-hybridized carbons (Fsp3) is 0.0526. The topological polar surface area (TPSA) is 52.1 Å². The van der Waals surface area contributed by atoms with E-state index in [0.717, 1.165) is 66.7 Å². The smallest absolute Gasteiger partial charge is 0.227 e. The fourth-order valence-electron chi connectivity index (χ4n) is 9.21. The summed E-state index contributed by atoms with van der Waals surface area (Å²) < 4.78 is 12.2. The molecule has 0 saturated carbocycles. The third-order valence-electron chi connectivity index (χ3n) is 12.5. The highest BCUT2D eigenvalue weighted by Crippen LogP contribution is 2.51. The van der Waals surface area contributed by atoms with Gasteiger partial charge in [-0.15, -0.1) is 0 Å². The molecule has 11 aromatic rings. The monoisotopic (exact) mass is 782 g/mol. The molecule has 0 radical (unpaired) electrons. The van der Waals surface area contributed by atoms with Crippen LogP contribution in [0.25, 0.3) is 112 Å². The summed E-state index contributed by atoms with van der Waals surface area (Å²) in [6, 6.07) is 69.1. The van der Waals surface area contributed by atoms with Gasteiger partial charge in [0, 0.05) is 16.5 Å². The highest BCUT2D eigenvalue weighted by Gasteiger charge is 2.36. The van der Waals surface area contributed by atoms with Gasteiger partial charge in [0.05, 0.1) is 0 Å². The first-order chi connectivity index (χ1) is 29.9. The maximum Gasteiger partial charge on any atom is 0.227 e. The van der Waals surface area contributed by atoms with Crippen LogP contribution in [0.1, 0.15) is 25.0 Å². The Bertz CT molecular complexity index is 3300. The average Bonchev–Trinajstić information content (AvgIpc) is 4.01. The number of para-hydroxylation sites is 4. The lowest BCUT2D eigenvalue weighted by molar-refractivity contribution is 0.619. The van der Waals surface area contributed by atoms with Gasteiger partial charge in [0.1, 0.15) is 11.0 Å². The Labute approximate surface area is 353 Å². The first-order valence-corrected chi connectivity index (χ1v) is 20.8. The second-order valence-electron chi connectivity index (χ2n) is 16.6. The zero-order valence-electron chi connectivity index (χ0n) is 33.7. The summed E-state index contributed by atoms with van der Waals surface area (Å²) in [5, 5.41) is 2.57. The van der Waals surface area contributed by atoms with Gasteiger partial charge in [0.2, 0.25) is 11.8 Å². The van der Waals surface area contributed by atoms with Gasteiger partial charge in [-0.3, -0.25) is 0 Å². The van der Waals surface area contributed by atoms with Gasteiger partial charge in [-0.1, -0.05) is 117 Å². The quantitative estimate of drug-likeness (QED) is 0.169. The minimum absolute atomic E-state index is 0.114. The lowest BCUT2D eigenvalue weighted by Gasteiger charge is -2.22. The van der Waals surface area contributed by atoms with Crippen molar-refractivity contribution >= 4 is 33.0 Å². The number of benzene rings is 9. The van der Waals surface area contributed by atoms with Crippen LogP contribution < -0.4 is 0 Å². The van der Waals surface area contributed by atoms with Crippen molar-refractivity contribution in [2.75, 3.05) is 0 Å². The molecule has 0 bridgehead atoms. The molecule has 2 aromatic heterocycles. The van der Waals surface area contributed by atoms with E-state index < -0.39 is 0 Å². The number of nitrogens with zero attached hydrogens (tertiary/aromatic N) is 2. The van der Waals surface area contributed by atoms with E-state index in [2.05, 4.69) is 159 Å². The maximum atomic E-state index is 6.11. The predicted molar refractivity (Wildman–Crippen MR) is 249 cm³/mol. The van der Waals surface area contributed by atoms with E-state index in [1.165, 1.54) is 44.2 Å². The molecule has 4 nitrogen and oxygen atoms in total. The van der Waals surface area contributed by atoms with Crippen LogP contribution in [0.4, 0.5) is 0 Å². The van der Waals surface area contributed by atoms with Crippen molar-refractivity contribution in [3.63, 3.8) is 0 Å². The molecule has 0 spiro atoms. The summed E-state index contributed by atoms with van der Waals surface area (Å²) in [5.41, 5.74) is 19.6. The molecule has 0 amide bonds. The highest BCUT2D eigenvalue weighted by atomic mass is 16.4. The van der Waals surface area contributed by atoms with Crippen LogP contribution in [0.15, 0.2) is 203 Å². The van der Waals surface area contributed by atoms with Gasteiger partial charge < -0.3 is 8.83 Å². The molecule has 12 rings (SSSR count). The fourth-order valence-corrected chi connectivity index (χ4v) is 9.21. The third kappa shape index (κ3) is 5.98. The Morgan fingerprint density at radius 1 is 0.328 bits per heavy atom. The Morgan fingerprint density at radius 2 is 0.754 bits per heavy atom. The Kier molecular flexibility index (Phi) is 7.85. The number of aromatic nitrogens is 2. The van der Waals surface area contributed by atoms with Crippen molar-refractivity contribution in [1.29, 1.82) is 0 Å². The number of oxazole rings is 2. The molecule has 9 aromatic carbocycles. The van der Waals surface area contributed by atoms with Gasteiger partial charge >= 0.3 is 0 Å². The average molecular weight is 783 g/mol. The molecule has 0 aliphatic heterocycles. The van der Waals surface area contributed by atoms with E-state index in [1.54, 1.807) is 0 Å². The second kappa shape index (κ2) is 13.6. The van der Waals surface area contributed by atoms with E-state index in [0.29, 0.717) is 11.8 Å². The highest BCUT2D eigenvalue weighted by molar-refractivity contribution is 5.94. The van der Waals surface area contributed by atoms with Gasteiger partial charge in [-0.05, 0) is 169 Å². The van der Waals surface area contributed by atoms with Crippen LogP contribution in [0.2, 0.25) is 0 Å². The molecule has 0 fully saturated rings. The third-order valence-corrected chi connectivity index (χ3v) is 12.5. The molecule has 1 aliphatic rings. The van der Waals surface area contributed by atoms with Crippen molar-refractivity contribution < 1.29 is 8.83 Å². The number of rotatable bonds is 6. The molecular weight excluding hydrogens is 745 g/mol. The predicted octanol–water partition coefficient (Wildman–Crippen LogP) is 15.4. The van der Waals surface area contributed by atoms with Gasteiger partial charge in [-0.2, -0.15) is 0 Å². The molecule has 0 saturated heterocycles. The second-order valence-corrected chi connectivity index (χ2v) is 16.6. The van der Waals surface area contributed by atoms with Crippen LogP contribution in [0, 0.1) is 0 Å². The Balaban J connectivity index is 0.933. The number of hydrogen-bond acceptors (Lipinski definition) is 4. The van der Waals surface area contributed by atoms with E-state index in [9.17, 15) is 0 Å². The lowest BCUT2D eigenvalue weighted by atomic mass is 9.81. The molecule has 1 aliphatic carbocycles. The van der Waals surface area contributed by atoms with E-state index in [4.69, 9.17) is 18.8 Å². The van der Waals surface area contributed by atoms with Gasteiger partial charge in [-0.25, -0.2) is 9.97 Å². The SMILES string of the molecule is CC1(C)c2cc(-c3cccc(-c4cc(-c5ccc(-c6nc7ccccc7o6)cc5)cc(-c5ccc(-c6nc7ccccc7o6)cc5)c4)c3)ccc2-c2cc3ccccc3cc21. The first kappa shape index (κ1) is 35.2. The van der Waals surface area contributed by atoms with Crippen LogP contribution in [0.3, 0.4) is 0 Å². The summed E-state index contributed by atoms with van der Waals surface area (Å²) >= 11 is 0. The molecule has 288 valence electrons. The van der Waals surface area contributed by atoms with Gasteiger partial charge in [0.15, 0.2) is 11.2 Å². The van der Waals surface area contributed by atoms with Crippen LogP contribution in [0.5, 0.6) is 0 Å². The summed E-state index contributed by atoms with van der Waals surface area (Å²) in [6.07, 6.45) is 0. The lowest BCUT2D eigenvalue weighted by Crippen LogP contribution is -2.15. The molecular formula is C57H38N2O2. The van der Waals surface area contributed by atoms with E-state index >= 15 is 0 Å². The van der Waals surface area contributed by atoms with Gasteiger partial charge in [0.25, 0.3) is 0 Å². The molecule has 0 unspecified atom stereocenters. The largest absolute Gasteiger partial charge is 0.436 e. The van der Waals surface area contributed by atoms with Crippen molar-refractivity contribution in [3.8, 4) is 78.5 Å². The van der Waals surface area contributed by atoms with E-state index in [1.807, 2.05) is 48.5 Å². The van der Waals surface area contributed by atoms with Crippen LogP contribution in [-0.4, -0.2) is 9.97 Å². The zero-order valence-corrected chi connectivity index (χ0v) is 33.7. The van der Waals surface area contributed by atoms with Crippen molar-refractivity contribution in [2.45, 2.75) is 19.3 Å². The van der Waals surface area contributed by atoms with E-state index in [-0.39, 0.29) is 5.41 Å². The van der Waals surface area contributed by atoms with Crippen molar-refractivity contribution in [3.05, 3.63) is 205 Å². The number of hydrogen-bond donors (Lipinski definition) is 0. The minimum atomic E-state index is -0.114. The van der Waals surface area contributed by atoms with Crippen LogP contribution in [-0.2, 0) is 5.41 Å². The molecule has 61 heavy (non-hydrogen) atoms. The Hall–Kier alpha value is -7.82. The zero-order chi connectivity index (χ0) is 40.7. The molecule has 0 atom stereocenters. The van der Waals surface area contributed by atoms with Crippen molar-refractivity contribution in [2.24, 2.45) is 0 Å².